The van der Waals surface area contributed by atoms with E-state index >= 15 is 0 Å². The molecule has 0 spiro atoms. The average molecular weight is 453 g/mol. The Bertz CT molecular complexity index is 994. The van der Waals surface area contributed by atoms with Gasteiger partial charge in [0, 0.05) is 30.9 Å². The number of aliphatic hydroxyl groups is 1. The number of amides is 2. The number of carbonyl (C=O) groups is 3. The van der Waals surface area contributed by atoms with Gasteiger partial charge >= 0.3 is 12.1 Å². The second-order valence-corrected chi connectivity index (χ2v) is 8.59. The van der Waals surface area contributed by atoms with E-state index < -0.39 is 18.1 Å². The molecule has 0 aliphatic heterocycles. The van der Waals surface area contributed by atoms with Crippen molar-refractivity contribution in [3.05, 3.63) is 59.7 Å². The molecule has 8 heteroatoms. The van der Waals surface area contributed by atoms with Gasteiger partial charge < -0.3 is 25.6 Å². The summed E-state index contributed by atoms with van der Waals surface area (Å²) in [6.45, 7) is -0.105. The Labute approximate surface area is 192 Å². The molecule has 3 atom stereocenters. The summed E-state index contributed by atoms with van der Waals surface area (Å²) < 4.78 is 5.57. The first kappa shape index (κ1) is 22.8. The van der Waals surface area contributed by atoms with E-state index in [9.17, 15) is 14.4 Å². The monoisotopic (exact) mass is 452 g/mol. The zero-order valence-corrected chi connectivity index (χ0v) is 18.2. The summed E-state index contributed by atoms with van der Waals surface area (Å²) in [4.78, 5) is 36.1. The van der Waals surface area contributed by atoms with E-state index in [1.165, 1.54) is 0 Å². The minimum absolute atomic E-state index is 0.0234. The molecular formula is C25H28N2O6. The summed E-state index contributed by atoms with van der Waals surface area (Å²) in [5.41, 5.74) is 4.60. The maximum atomic E-state index is 12.5. The number of rotatable bonds is 8. The smallest absolute Gasteiger partial charge is 0.407 e. The van der Waals surface area contributed by atoms with Crippen LogP contribution in [0.1, 0.15) is 42.7 Å². The molecule has 0 bridgehead atoms. The van der Waals surface area contributed by atoms with Gasteiger partial charge in [-0.3, -0.25) is 4.79 Å². The third kappa shape index (κ3) is 5.01. The lowest BCUT2D eigenvalue weighted by atomic mass is 9.98. The third-order valence-corrected chi connectivity index (χ3v) is 6.50. The van der Waals surface area contributed by atoms with E-state index in [1.807, 2.05) is 24.3 Å². The first-order chi connectivity index (χ1) is 16.0. The van der Waals surface area contributed by atoms with Gasteiger partial charge in [0.1, 0.15) is 12.6 Å². The summed E-state index contributed by atoms with van der Waals surface area (Å²) in [6.07, 6.45) is 1.01. The highest BCUT2D eigenvalue weighted by Gasteiger charge is 2.34. The molecule has 0 aromatic heterocycles. The standard InChI is InChI=1S/C25H28N2O6/c28-12-11-22(24(30)31)27-23(29)15-9-10-16(13-15)26-25(32)33-14-21-19-7-3-1-5-17(19)18-6-2-4-8-20(18)21/h1-8,15-16,21-22,28H,9-14H2,(H,26,32)(H,27,29)(H,30,31)/t15-,16+,22?/m1/s1. The topological polar surface area (TPSA) is 125 Å². The second kappa shape index (κ2) is 10.0. The van der Waals surface area contributed by atoms with Gasteiger partial charge in [-0.1, -0.05) is 48.5 Å². The summed E-state index contributed by atoms with van der Waals surface area (Å²) in [5, 5.41) is 23.4. The van der Waals surface area contributed by atoms with Crippen LogP contribution in [0.2, 0.25) is 0 Å². The van der Waals surface area contributed by atoms with E-state index in [-0.39, 0.29) is 43.4 Å². The molecule has 4 N–H and O–H groups in total. The largest absolute Gasteiger partial charge is 0.480 e. The van der Waals surface area contributed by atoms with Crippen LogP contribution >= 0.6 is 0 Å². The number of aliphatic hydroxyl groups excluding tert-OH is 1. The van der Waals surface area contributed by atoms with E-state index in [4.69, 9.17) is 14.9 Å². The number of hydrogen-bond acceptors (Lipinski definition) is 5. The summed E-state index contributed by atoms with van der Waals surface area (Å²) in [5.74, 6) is -1.95. The molecule has 0 radical (unpaired) electrons. The normalized spacial score (nSPS) is 19.9. The molecule has 1 saturated carbocycles. The van der Waals surface area contributed by atoms with Crippen molar-refractivity contribution >= 4 is 18.0 Å². The number of ether oxygens (including phenoxy) is 1. The first-order valence-electron chi connectivity index (χ1n) is 11.2. The van der Waals surface area contributed by atoms with Crippen molar-refractivity contribution in [2.75, 3.05) is 13.2 Å². The minimum Gasteiger partial charge on any atom is -0.480 e. The number of hydrogen-bond donors (Lipinski definition) is 4. The second-order valence-electron chi connectivity index (χ2n) is 8.59. The fourth-order valence-electron chi connectivity index (χ4n) is 4.83. The van der Waals surface area contributed by atoms with Crippen molar-refractivity contribution in [1.29, 1.82) is 0 Å². The van der Waals surface area contributed by atoms with Crippen LogP contribution in [-0.4, -0.2) is 53.5 Å². The van der Waals surface area contributed by atoms with Gasteiger partial charge in [-0.15, -0.1) is 0 Å². The van der Waals surface area contributed by atoms with Crippen LogP contribution in [0.5, 0.6) is 0 Å². The Balaban J connectivity index is 1.29. The van der Waals surface area contributed by atoms with Crippen LogP contribution in [0.4, 0.5) is 4.79 Å². The van der Waals surface area contributed by atoms with Gasteiger partial charge in [-0.25, -0.2) is 9.59 Å². The van der Waals surface area contributed by atoms with E-state index in [1.54, 1.807) is 0 Å². The molecule has 2 aromatic carbocycles. The van der Waals surface area contributed by atoms with Gasteiger partial charge in [-0.2, -0.15) is 0 Å². The quantitative estimate of drug-likeness (QED) is 0.488. The molecule has 0 saturated heterocycles. The Morgan fingerprint density at radius 2 is 1.64 bits per heavy atom. The highest BCUT2D eigenvalue weighted by Crippen LogP contribution is 2.44. The first-order valence-corrected chi connectivity index (χ1v) is 11.2. The summed E-state index contributed by atoms with van der Waals surface area (Å²) in [6, 6.07) is 14.9. The molecule has 4 rings (SSSR count). The molecule has 1 fully saturated rings. The highest BCUT2D eigenvalue weighted by atomic mass is 16.5. The Morgan fingerprint density at radius 3 is 2.24 bits per heavy atom. The van der Waals surface area contributed by atoms with Crippen molar-refractivity contribution in [2.24, 2.45) is 5.92 Å². The Hall–Kier alpha value is -3.39. The Morgan fingerprint density at radius 1 is 1.00 bits per heavy atom. The lowest BCUT2D eigenvalue weighted by Gasteiger charge is -2.18. The van der Waals surface area contributed by atoms with Crippen LogP contribution in [0, 0.1) is 5.92 Å². The summed E-state index contributed by atoms with van der Waals surface area (Å²) >= 11 is 0. The van der Waals surface area contributed by atoms with Crippen LogP contribution in [0.3, 0.4) is 0 Å². The Kier molecular flexibility index (Phi) is 6.93. The molecule has 2 aliphatic carbocycles. The van der Waals surface area contributed by atoms with Gasteiger partial charge in [0.05, 0.1) is 0 Å². The molecule has 174 valence electrons. The van der Waals surface area contributed by atoms with Crippen LogP contribution in [-0.2, 0) is 14.3 Å². The molecule has 0 heterocycles. The lowest BCUT2D eigenvalue weighted by molar-refractivity contribution is -0.142. The maximum Gasteiger partial charge on any atom is 0.407 e. The number of fused-ring (bicyclic) bond motifs is 3. The lowest BCUT2D eigenvalue weighted by Crippen LogP contribution is -2.44. The van der Waals surface area contributed by atoms with Crippen molar-refractivity contribution in [3.8, 4) is 11.1 Å². The molecule has 2 aliphatic rings. The third-order valence-electron chi connectivity index (χ3n) is 6.50. The molecule has 2 amide bonds. The number of alkyl carbamates (subject to hydrolysis) is 1. The summed E-state index contributed by atoms with van der Waals surface area (Å²) in [7, 11) is 0. The van der Waals surface area contributed by atoms with Gasteiger partial charge in [-0.05, 0) is 41.5 Å². The fourth-order valence-corrected chi connectivity index (χ4v) is 4.83. The van der Waals surface area contributed by atoms with Gasteiger partial charge in [0.15, 0.2) is 0 Å². The number of carboxylic acids is 1. The van der Waals surface area contributed by atoms with E-state index in [0.717, 1.165) is 22.3 Å². The number of carbonyl (C=O) groups excluding carboxylic acids is 2. The average Bonchev–Trinajstić information content (AvgIpc) is 3.40. The molecular weight excluding hydrogens is 424 g/mol. The zero-order valence-electron chi connectivity index (χ0n) is 18.2. The van der Waals surface area contributed by atoms with Crippen LogP contribution < -0.4 is 10.6 Å². The minimum atomic E-state index is -1.18. The van der Waals surface area contributed by atoms with Gasteiger partial charge in [0.25, 0.3) is 0 Å². The predicted octanol–water partition coefficient (Wildman–Crippen LogP) is 2.65. The molecule has 33 heavy (non-hydrogen) atoms. The predicted molar refractivity (Wildman–Crippen MR) is 121 cm³/mol. The number of benzene rings is 2. The highest BCUT2D eigenvalue weighted by molar-refractivity contribution is 5.85. The van der Waals surface area contributed by atoms with Gasteiger partial charge in [0.2, 0.25) is 5.91 Å². The fraction of sp³-hybridized carbons (Fsp3) is 0.400. The van der Waals surface area contributed by atoms with Crippen molar-refractivity contribution < 1.29 is 29.3 Å². The van der Waals surface area contributed by atoms with Crippen molar-refractivity contribution in [1.82, 2.24) is 10.6 Å². The van der Waals surface area contributed by atoms with Crippen molar-refractivity contribution in [3.63, 3.8) is 0 Å². The SMILES string of the molecule is O=C(N[C@H]1CC[C@@H](C(=O)NC(CCO)C(=O)O)C1)OCC1c2ccccc2-c2ccccc21. The van der Waals surface area contributed by atoms with E-state index in [2.05, 4.69) is 34.9 Å². The molecule has 1 unspecified atom stereocenters. The molecule has 2 aromatic rings. The molecule has 8 nitrogen and oxygen atoms in total. The van der Waals surface area contributed by atoms with Crippen LogP contribution in [0.15, 0.2) is 48.5 Å². The number of aliphatic carboxylic acids is 1. The maximum absolute atomic E-state index is 12.5. The van der Waals surface area contributed by atoms with Crippen LogP contribution in [0.25, 0.3) is 11.1 Å². The number of carboxylic acid groups (broad SMARTS) is 1. The van der Waals surface area contributed by atoms with Crippen molar-refractivity contribution in [2.45, 2.75) is 43.7 Å². The number of nitrogens with one attached hydrogen (secondary N) is 2. The zero-order chi connectivity index (χ0) is 23.4. The van der Waals surface area contributed by atoms with E-state index in [0.29, 0.717) is 19.3 Å².